The zero-order chi connectivity index (χ0) is 27.4. The third-order valence-electron chi connectivity index (χ3n) is 6.94. The lowest BCUT2D eigenvalue weighted by Gasteiger charge is -2.17. The highest BCUT2D eigenvalue weighted by molar-refractivity contribution is 5.97. The summed E-state index contributed by atoms with van der Waals surface area (Å²) in [5, 5.41) is 24.4. The number of carboxylic acids is 1. The summed E-state index contributed by atoms with van der Waals surface area (Å²) in [5.41, 5.74) is 3.25. The number of hydrogen-bond donors (Lipinski definition) is 4. The van der Waals surface area contributed by atoms with Gasteiger partial charge in [0.25, 0.3) is 0 Å². The molecular formula is C29H28N2O7. The number of H-pyrrole nitrogens is 1. The summed E-state index contributed by atoms with van der Waals surface area (Å²) in [6.45, 7) is 7.98. The molecule has 5 rings (SSSR count). The van der Waals surface area contributed by atoms with Crippen LogP contribution in [0.4, 0.5) is 0 Å². The van der Waals surface area contributed by atoms with Crippen molar-refractivity contribution in [1.29, 1.82) is 0 Å². The maximum atomic E-state index is 13.0. The number of phenolic OH excluding ortho intramolecular Hbond substituents is 1. The average Bonchev–Trinajstić information content (AvgIpc) is 3.43. The molecule has 0 radical (unpaired) electrons. The predicted octanol–water partition coefficient (Wildman–Crippen LogP) is 4.69. The molecule has 0 saturated heterocycles. The van der Waals surface area contributed by atoms with Crippen molar-refractivity contribution < 1.29 is 28.6 Å². The fourth-order valence-electron chi connectivity index (χ4n) is 4.86. The van der Waals surface area contributed by atoms with Crippen molar-refractivity contribution in [2.45, 2.75) is 52.0 Å². The van der Waals surface area contributed by atoms with E-state index in [9.17, 15) is 24.6 Å². The normalized spacial score (nSPS) is 12.8. The van der Waals surface area contributed by atoms with Crippen molar-refractivity contribution >= 4 is 44.7 Å². The first-order chi connectivity index (χ1) is 17.9. The van der Waals surface area contributed by atoms with E-state index in [2.05, 4.69) is 31.1 Å². The lowest BCUT2D eigenvalue weighted by Crippen LogP contribution is -2.43. The maximum Gasteiger partial charge on any atom is 0.340 e. The van der Waals surface area contributed by atoms with Crippen LogP contribution in [-0.4, -0.2) is 33.1 Å². The van der Waals surface area contributed by atoms with E-state index < -0.39 is 23.5 Å². The van der Waals surface area contributed by atoms with Gasteiger partial charge in [-0.25, -0.2) is 9.59 Å². The zero-order valence-corrected chi connectivity index (χ0v) is 21.5. The highest BCUT2D eigenvalue weighted by Crippen LogP contribution is 2.35. The number of phenols is 1. The minimum absolute atomic E-state index is 0.0100. The van der Waals surface area contributed by atoms with E-state index >= 15 is 0 Å². The van der Waals surface area contributed by atoms with E-state index in [0.29, 0.717) is 33.1 Å². The summed E-state index contributed by atoms with van der Waals surface area (Å²) in [6.07, 6.45) is 3.01. The molecule has 0 aliphatic carbocycles. The van der Waals surface area contributed by atoms with Crippen LogP contribution in [0.3, 0.4) is 0 Å². The zero-order valence-electron chi connectivity index (χ0n) is 21.5. The molecule has 1 atom stereocenters. The second-order valence-electron chi connectivity index (χ2n) is 10.6. The quantitative estimate of drug-likeness (QED) is 0.240. The number of aliphatic carboxylic acids is 1. The van der Waals surface area contributed by atoms with Crippen LogP contribution in [0.2, 0.25) is 0 Å². The molecule has 3 heterocycles. The van der Waals surface area contributed by atoms with E-state index in [-0.39, 0.29) is 29.6 Å². The van der Waals surface area contributed by atoms with Gasteiger partial charge < -0.3 is 29.3 Å². The van der Waals surface area contributed by atoms with Crippen molar-refractivity contribution in [1.82, 2.24) is 10.3 Å². The van der Waals surface area contributed by atoms with Gasteiger partial charge in [-0.2, -0.15) is 0 Å². The van der Waals surface area contributed by atoms with E-state index in [1.54, 1.807) is 31.5 Å². The molecule has 0 saturated carbocycles. The third kappa shape index (κ3) is 4.51. The molecular weight excluding hydrogens is 488 g/mol. The van der Waals surface area contributed by atoms with Crippen LogP contribution in [-0.2, 0) is 27.8 Å². The fraction of sp³-hybridized carbons (Fsp3) is 0.276. The van der Waals surface area contributed by atoms with Gasteiger partial charge in [0.2, 0.25) is 5.91 Å². The number of hydrogen-bond acceptors (Lipinski definition) is 6. The molecule has 38 heavy (non-hydrogen) atoms. The summed E-state index contributed by atoms with van der Waals surface area (Å²) in [7, 11) is 0. The Kier molecular flexibility index (Phi) is 6.01. The Morgan fingerprint density at radius 3 is 2.55 bits per heavy atom. The van der Waals surface area contributed by atoms with Crippen LogP contribution in [0.5, 0.6) is 5.75 Å². The Bertz CT molecular complexity index is 1780. The number of rotatable bonds is 6. The monoisotopic (exact) mass is 516 g/mol. The molecule has 5 aromatic rings. The number of benzene rings is 2. The number of nitrogens with one attached hydrogen (secondary N) is 2. The van der Waals surface area contributed by atoms with E-state index in [1.807, 2.05) is 6.07 Å². The summed E-state index contributed by atoms with van der Waals surface area (Å²) in [6, 6.07) is 7.09. The van der Waals surface area contributed by atoms with Gasteiger partial charge in [0.05, 0.1) is 18.2 Å². The van der Waals surface area contributed by atoms with Crippen LogP contribution in [0.25, 0.3) is 32.8 Å². The van der Waals surface area contributed by atoms with E-state index in [4.69, 9.17) is 8.83 Å². The van der Waals surface area contributed by atoms with Crippen molar-refractivity contribution in [3.63, 3.8) is 0 Å². The average molecular weight is 517 g/mol. The van der Waals surface area contributed by atoms with Gasteiger partial charge in [0.1, 0.15) is 23.0 Å². The number of furan rings is 1. The van der Waals surface area contributed by atoms with E-state index in [1.165, 1.54) is 12.1 Å². The molecule has 0 aliphatic heterocycles. The first-order valence-electron chi connectivity index (χ1n) is 12.2. The van der Waals surface area contributed by atoms with Crippen LogP contribution >= 0.6 is 0 Å². The number of carbonyl (C=O) groups excluding carboxylic acids is 1. The summed E-state index contributed by atoms with van der Waals surface area (Å²) < 4.78 is 11.2. The lowest BCUT2D eigenvalue weighted by molar-refractivity contribution is -0.141. The maximum absolute atomic E-state index is 13.0. The topological polar surface area (TPSA) is 146 Å². The smallest absolute Gasteiger partial charge is 0.340 e. The molecule has 2 aromatic carbocycles. The number of aryl methyl sites for hydroxylation is 1. The largest absolute Gasteiger partial charge is 0.508 e. The van der Waals surface area contributed by atoms with Crippen LogP contribution in [0, 0.1) is 6.92 Å². The van der Waals surface area contributed by atoms with Gasteiger partial charge in [0.15, 0.2) is 0 Å². The molecule has 0 fully saturated rings. The highest BCUT2D eigenvalue weighted by atomic mass is 16.4. The van der Waals surface area contributed by atoms with Crippen molar-refractivity contribution in [2.24, 2.45) is 0 Å². The van der Waals surface area contributed by atoms with Gasteiger partial charge in [0, 0.05) is 45.9 Å². The highest BCUT2D eigenvalue weighted by Gasteiger charge is 2.25. The molecule has 4 N–H and O–H groups in total. The van der Waals surface area contributed by atoms with Gasteiger partial charge in [-0.15, -0.1) is 0 Å². The van der Waals surface area contributed by atoms with Crippen LogP contribution in [0.1, 0.15) is 43.0 Å². The number of amides is 1. The summed E-state index contributed by atoms with van der Waals surface area (Å²) in [4.78, 5) is 40.8. The summed E-state index contributed by atoms with van der Waals surface area (Å²) in [5.74, 6) is -1.78. The fourth-order valence-corrected chi connectivity index (χ4v) is 4.86. The third-order valence-corrected chi connectivity index (χ3v) is 6.94. The molecule has 3 aromatic heterocycles. The first-order valence-corrected chi connectivity index (χ1v) is 12.2. The van der Waals surface area contributed by atoms with Gasteiger partial charge >= 0.3 is 11.6 Å². The standard InChI is InChI=1S/C29H28N2O7/c1-14-17-9-20-21(29(2,3)4)13-37-24(20)11-25(17)38-28(36)18(14)10-26(33)31-23(27(34)35)7-15-12-30-22-6-5-16(32)8-19(15)22/h5-6,8-9,11-13,23,30,32H,7,10H2,1-4H3,(H,31,33)(H,34,35). The molecule has 0 aliphatic rings. The molecule has 9 nitrogen and oxygen atoms in total. The number of aromatic amines is 1. The second-order valence-corrected chi connectivity index (χ2v) is 10.6. The van der Waals surface area contributed by atoms with Crippen molar-refractivity contribution in [3.05, 3.63) is 75.5 Å². The predicted molar refractivity (Wildman–Crippen MR) is 143 cm³/mol. The minimum Gasteiger partial charge on any atom is -0.508 e. The number of aromatic hydroxyl groups is 1. The number of carboxylic acid groups (broad SMARTS) is 1. The van der Waals surface area contributed by atoms with Gasteiger partial charge in [-0.05, 0) is 47.7 Å². The van der Waals surface area contributed by atoms with Crippen LogP contribution in [0.15, 0.2) is 56.4 Å². The Balaban J connectivity index is 1.43. The Morgan fingerprint density at radius 1 is 1.08 bits per heavy atom. The minimum atomic E-state index is -1.24. The molecule has 1 unspecified atom stereocenters. The lowest BCUT2D eigenvalue weighted by atomic mass is 9.86. The molecule has 9 heteroatoms. The number of carbonyl (C=O) groups is 2. The number of fused-ring (bicyclic) bond motifs is 3. The number of aromatic nitrogens is 1. The van der Waals surface area contributed by atoms with Crippen molar-refractivity contribution in [3.8, 4) is 5.75 Å². The van der Waals surface area contributed by atoms with Gasteiger partial charge in [-0.1, -0.05) is 20.8 Å². The molecule has 0 bridgehead atoms. The Labute approximate surface area is 217 Å². The van der Waals surface area contributed by atoms with Crippen LogP contribution < -0.4 is 10.9 Å². The molecule has 1 amide bonds. The Morgan fingerprint density at radius 2 is 1.84 bits per heavy atom. The molecule has 0 spiro atoms. The van der Waals surface area contributed by atoms with E-state index in [0.717, 1.165) is 16.5 Å². The second kappa shape index (κ2) is 9.09. The SMILES string of the molecule is Cc1c(CC(=O)NC(Cc2c[nH]c3ccc(O)cc23)C(=O)O)c(=O)oc2cc3occ(C(C)(C)C)c3cc12. The Hall–Kier alpha value is -4.53. The first kappa shape index (κ1) is 25.1. The summed E-state index contributed by atoms with van der Waals surface area (Å²) >= 11 is 0. The molecule has 196 valence electrons. The van der Waals surface area contributed by atoms with Gasteiger partial charge in [-0.3, -0.25) is 4.79 Å². The van der Waals surface area contributed by atoms with Crippen molar-refractivity contribution in [2.75, 3.05) is 0 Å².